The SMILES string of the molecule is CC1(C)Nc2cccc3c(N=Nc4ccc([N+](=O)[O-])c5ccccc45)ccc(c23)N1. The van der Waals surface area contributed by atoms with Crippen molar-refractivity contribution in [1.29, 1.82) is 0 Å². The van der Waals surface area contributed by atoms with Gasteiger partial charge in [-0.05, 0) is 44.2 Å². The average Bonchev–Trinajstić information content (AvgIpc) is 2.72. The number of anilines is 2. The molecule has 148 valence electrons. The van der Waals surface area contributed by atoms with E-state index in [2.05, 4.69) is 40.8 Å². The molecule has 7 nitrogen and oxygen atoms in total. The van der Waals surface area contributed by atoms with Crippen LogP contribution < -0.4 is 10.6 Å². The second-order valence-corrected chi connectivity index (χ2v) is 7.84. The Balaban J connectivity index is 1.63. The lowest BCUT2D eigenvalue weighted by Gasteiger charge is -2.36. The molecule has 0 spiro atoms. The van der Waals surface area contributed by atoms with E-state index < -0.39 is 0 Å². The summed E-state index contributed by atoms with van der Waals surface area (Å²) in [7, 11) is 0. The summed E-state index contributed by atoms with van der Waals surface area (Å²) in [4.78, 5) is 11.0. The lowest BCUT2D eigenvalue weighted by molar-refractivity contribution is -0.383. The number of nitro benzene ring substituents is 1. The molecule has 0 radical (unpaired) electrons. The van der Waals surface area contributed by atoms with Crippen molar-refractivity contribution in [3.63, 3.8) is 0 Å². The van der Waals surface area contributed by atoms with Crippen LogP contribution in [0.1, 0.15) is 13.8 Å². The lowest BCUT2D eigenvalue weighted by atomic mass is 10.00. The van der Waals surface area contributed by atoms with Crippen LogP contribution in [0.5, 0.6) is 0 Å². The highest BCUT2D eigenvalue weighted by atomic mass is 16.6. The third-order valence-electron chi connectivity index (χ3n) is 5.25. The molecule has 0 fully saturated rings. The van der Waals surface area contributed by atoms with E-state index in [-0.39, 0.29) is 16.3 Å². The number of nitrogens with one attached hydrogen (secondary N) is 2. The summed E-state index contributed by atoms with van der Waals surface area (Å²) in [5, 5.41) is 30.6. The second kappa shape index (κ2) is 6.52. The zero-order valence-electron chi connectivity index (χ0n) is 16.5. The highest BCUT2D eigenvalue weighted by molar-refractivity contribution is 6.09. The molecule has 30 heavy (non-hydrogen) atoms. The van der Waals surface area contributed by atoms with E-state index in [0.717, 1.165) is 27.8 Å². The van der Waals surface area contributed by atoms with Crippen molar-refractivity contribution in [2.45, 2.75) is 19.5 Å². The quantitative estimate of drug-likeness (QED) is 0.224. The van der Waals surface area contributed by atoms with Crippen LogP contribution >= 0.6 is 0 Å². The fraction of sp³-hybridized carbons (Fsp3) is 0.130. The molecule has 0 saturated heterocycles. The summed E-state index contributed by atoms with van der Waals surface area (Å²) in [6.45, 7) is 4.17. The molecule has 4 aromatic rings. The van der Waals surface area contributed by atoms with Gasteiger partial charge in [0.05, 0.1) is 21.7 Å². The van der Waals surface area contributed by atoms with Gasteiger partial charge >= 0.3 is 0 Å². The van der Waals surface area contributed by atoms with E-state index in [1.165, 1.54) is 6.07 Å². The molecule has 0 aromatic heterocycles. The Labute approximate surface area is 172 Å². The Kier molecular flexibility index (Phi) is 3.92. The Morgan fingerprint density at radius 1 is 0.767 bits per heavy atom. The van der Waals surface area contributed by atoms with Gasteiger partial charge in [0.25, 0.3) is 5.69 Å². The third kappa shape index (κ3) is 2.91. The van der Waals surface area contributed by atoms with E-state index in [0.29, 0.717) is 16.5 Å². The van der Waals surface area contributed by atoms with Gasteiger partial charge in [0, 0.05) is 33.6 Å². The second-order valence-electron chi connectivity index (χ2n) is 7.84. The molecular formula is C23H19N5O2. The molecule has 7 heteroatoms. The van der Waals surface area contributed by atoms with Crippen LogP contribution in [0.4, 0.5) is 28.4 Å². The van der Waals surface area contributed by atoms with E-state index in [4.69, 9.17) is 0 Å². The van der Waals surface area contributed by atoms with Crippen LogP contribution in [-0.2, 0) is 0 Å². The van der Waals surface area contributed by atoms with Crippen molar-refractivity contribution in [2.24, 2.45) is 10.2 Å². The van der Waals surface area contributed by atoms with E-state index in [9.17, 15) is 10.1 Å². The van der Waals surface area contributed by atoms with Crippen LogP contribution in [-0.4, -0.2) is 10.6 Å². The van der Waals surface area contributed by atoms with Gasteiger partial charge in [0.1, 0.15) is 5.66 Å². The average molecular weight is 397 g/mol. The molecule has 5 rings (SSSR count). The molecule has 0 unspecified atom stereocenters. The maximum absolute atomic E-state index is 11.3. The first kappa shape index (κ1) is 18.1. The molecule has 0 atom stereocenters. The van der Waals surface area contributed by atoms with Gasteiger partial charge in [0.15, 0.2) is 0 Å². The van der Waals surface area contributed by atoms with E-state index in [1.54, 1.807) is 18.2 Å². The molecule has 0 bridgehead atoms. The zero-order valence-corrected chi connectivity index (χ0v) is 16.5. The number of hydrogen-bond donors (Lipinski definition) is 2. The van der Waals surface area contributed by atoms with Crippen molar-refractivity contribution in [2.75, 3.05) is 10.6 Å². The number of nitrogens with zero attached hydrogens (tertiary/aromatic N) is 3. The van der Waals surface area contributed by atoms with Crippen molar-refractivity contribution in [3.05, 3.63) is 76.8 Å². The number of benzene rings is 4. The van der Waals surface area contributed by atoms with Gasteiger partial charge in [-0.2, -0.15) is 0 Å². The summed E-state index contributed by atoms with van der Waals surface area (Å²) < 4.78 is 0. The topological polar surface area (TPSA) is 91.9 Å². The first-order chi connectivity index (χ1) is 14.4. The number of hydrogen-bond acceptors (Lipinski definition) is 6. The summed E-state index contributed by atoms with van der Waals surface area (Å²) in [5.74, 6) is 0. The van der Waals surface area contributed by atoms with Gasteiger partial charge in [0.2, 0.25) is 0 Å². The Morgan fingerprint density at radius 3 is 2.10 bits per heavy atom. The van der Waals surface area contributed by atoms with Gasteiger partial charge < -0.3 is 10.6 Å². The first-order valence-electron chi connectivity index (χ1n) is 9.63. The molecule has 1 heterocycles. The predicted octanol–water partition coefficient (Wildman–Crippen LogP) is 6.89. The molecule has 2 N–H and O–H groups in total. The van der Waals surface area contributed by atoms with Crippen LogP contribution in [0.2, 0.25) is 0 Å². The van der Waals surface area contributed by atoms with Crippen molar-refractivity contribution < 1.29 is 4.92 Å². The summed E-state index contributed by atoms with van der Waals surface area (Å²) in [5.41, 5.74) is 3.23. The van der Waals surface area contributed by atoms with Crippen LogP contribution in [0.25, 0.3) is 21.5 Å². The maximum Gasteiger partial charge on any atom is 0.277 e. The molecule has 1 aliphatic heterocycles. The third-order valence-corrected chi connectivity index (χ3v) is 5.25. The number of non-ortho nitro benzene ring substituents is 1. The normalized spacial score (nSPS) is 14.6. The largest absolute Gasteiger partial charge is 0.363 e. The first-order valence-corrected chi connectivity index (χ1v) is 9.63. The van der Waals surface area contributed by atoms with Crippen LogP contribution in [0.15, 0.2) is 77.0 Å². The molecule has 1 aliphatic rings. The molecule has 4 aromatic carbocycles. The van der Waals surface area contributed by atoms with E-state index >= 15 is 0 Å². The summed E-state index contributed by atoms with van der Waals surface area (Å²) >= 11 is 0. The number of fused-ring (bicyclic) bond motifs is 1. The Hall–Kier alpha value is -4.00. The zero-order chi connectivity index (χ0) is 20.9. The predicted molar refractivity (Wildman–Crippen MR) is 120 cm³/mol. The van der Waals surface area contributed by atoms with Crippen molar-refractivity contribution >= 4 is 50.0 Å². The molecule has 0 aliphatic carbocycles. The number of nitro groups is 1. The minimum Gasteiger partial charge on any atom is -0.363 e. The minimum absolute atomic E-state index is 0.0610. The van der Waals surface area contributed by atoms with Gasteiger partial charge in [-0.15, -0.1) is 10.2 Å². The number of azo groups is 1. The minimum atomic E-state index is -0.378. The molecular weight excluding hydrogens is 378 g/mol. The van der Waals surface area contributed by atoms with Gasteiger partial charge in [-0.25, -0.2) is 0 Å². The highest BCUT2D eigenvalue weighted by Gasteiger charge is 2.25. The summed E-state index contributed by atoms with van der Waals surface area (Å²) in [6.07, 6.45) is 0. The van der Waals surface area contributed by atoms with Crippen LogP contribution in [0, 0.1) is 10.1 Å². The van der Waals surface area contributed by atoms with Crippen LogP contribution in [0.3, 0.4) is 0 Å². The lowest BCUT2D eigenvalue weighted by Crippen LogP contribution is -2.41. The number of rotatable bonds is 3. The Bertz CT molecular complexity index is 1350. The molecule has 0 amide bonds. The Morgan fingerprint density at radius 2 is 1.37 bits per heavy atom. The fourth-order valence-electron chi connectivity index (χ4n) is 4.01. The monoisotopic (exact) mass is 397 g/mol. The highest BCUT2D eigenvalue weighted by Crippen LogP contribution is 2.42. The summed E-state index contributed by atoms with van der Waals surface area (Å²) in [6, 6.07) is 20.3. The maximum atomic E-state index is 11.3. The molecule has 0 saturated carbocycles. The van der Waals surface area contributed by atoms with Gasteiger partial charge in [-0.3, -0.25) is 10.1 Å². The standard InChI is InChI=1S/C23H19N5O2/c1-23(2)24-19-9-5-8-16-18(10-11-20(25-23)22(16)19)27-26-17-12-13-21(28(29)30)15-7-4-3-6-14(15)17/h3-13,24-25H,1-2H3. The van der Waals surface area contributed by atoms with E-state index in [1.807, 2.05) is 36.4 Å². The smallest absolute Gasteiger partial charge is 0.277 e. The van der Waals surface area contributed by atoms with Crippen molar-refractivity contribution in [3.8, 4) is 0 Å². The van der Waals surface area contributed by atoms with Gasteiger partial charge in [-0.1, -0.05) is 30.3 Å². The fourth-order valence-corrected chi connectivity index (χ4v) is 4.01. The van der Waals surface area contributed by atoms with Crippen molar-refractivity contribution in [1.82, 2.24) is 0 Å².